The summed E-state index contributed by atoms with van der Waals surface area (Å²) in [6.45, 7) is 7.66. The molecule has 7 heteroatoms. The molecular weight excluding hydrogens is 472 g/mol. The lowest BCUT2D eigenvalue weighted by Crippen LogP contribution is -2.43. The molecule has 0 bridgehead atoms. The third-order valence-corrected chi connectivity index (χ3v) is 4.36. The zero-order chi connectivity index (χ0) is 19.9. The molecule has 0 atom stereocenters. The molecule has 0 aliphatic carbocycles. The zero-order valence-electron chi connectivity index (χ0n) is 16.8. The van der Waals surface area contributed by atoms with Crippen LogP contribution in [0.4, 0.5) is 4.39 Å². The number of methoxy groups -OCH3 is 1. The van der Waals surface area contributed by atoms with Gasteiger partial charge in [0.25, 0.3) is 0 Å². The molecule has 0 amide bonds. The van der Waals surface area contributed by atoms with E-state index in [9.17, 15) is 9.50 Å². The van der Waals surface area contributed by atoms with Gasteiger partial charge in [0, 0.05) is 24.1 Å². The summed E-state index contributed by atoms with van der Waals surface area (Å²) in [7, 11) is 1.52. The summed E-state index contributed by atoms with van der Waals surface area (Å²) in [6, 6.07) is 12.0. The van der Waals surface area contributed by atoms with Crippen LogP contribution < -0.4 is 15.4 Å². The monoisotopic (exact) mass is 501 g/mol. The maximum absolute atomic E-state index is 13.5. The highest BCUT2D eigenvalue weighted by Crippen LogP contribution is 2.29. The summed E-state index contributed by atoms with van der Waals surface area (Å²) in [4.78, 5) is 4.54. The molecule has 0 aliphatic rings. The fourth-order valence-electron chi connectivity index (χ4n) is 2.68. The molecule has 3 N–H and O–H groups in total. The van der Waals surface area contributed by atoms with Crippen molar-refractivity contribution >= 4 is 29.9 Å². The Balaban J connectivity index is 0.00000392. The molecule has 154 valence electrons. The minimum atomic E-state index is -0.281. The van der Waals surface area contributed by atoms with Crippen LogP contribution in [0.15, 0.2) is 47.5 Å². The third-order valence-electron chi connectivity index (χ3n) is 4.36. The summed E-state index contributed by atoms with van der Waals surface area (Å²) in [5.74, 6) is 0.909. The first-order valence-electron chi connectivity index (χ1n) is 9.00. The number of ether oxygens (including phenoxy) is 1. The van der Waals surface area contributed by atoms with E-state index in [2.05, 4.69) is 15.6 Å². The Labute approximate surface area is 183 Å². The third kappa shape index (κ3) is 6.54. The van der Waals surface area contributed by atoms with Crippen molar-refractivity contribution in [2.45, 2.75) is 32.7 Å². The number of guanidine groups is 1. The van der Waals surface area contributed by atoms with Crippen LogP contribution in [-0.4, -0.2) is 31.3 Å². The topological polar surface area (TPSA) is 65.9 Å². The van der Waals surface area contributed by atoms with Crippen molar-refractivity contribution in [2.75, 3.05) is 20.2 Å². The van der Waals surface area contributed by atoms with Crippen LogP contribution in [0.25, 0.3) is 0 Å². The smallest absolute Gasteiger partial charge is 0.191 e. The van der Waals surface area contributed by atoms with Crippen LogP contribution in [0, 0.1) is 5.82 Å². The van der Waals surface area contributed by atoms with Gasteiger partial charge in [-0.15, -0.1) is 24.0 Å². The summed E-state index contributed by atoms with van der Waals surface area (Å²) >= 11 is 0. The molecule has 0 unspecified atom stereocenters. The predicted molar refractivity (Wildman–Crippen MR) is 122 cm³/mol. The maximum atomic E-state index is 13.5. The Morgan fingerprint density at radius 2 is 1.89 bits per heavy atom. The minimum Gasteiger partial charge on any atom is -0.504 e. The molecule has 0 saturated carbocycles. The van der Waals surface area contributed by atoms with Crippen LogP contribution in [-0.2, 0) is 12.0 Å². The molecule has 0 saturated heterocycles. The Kier molecular flexibility index (Phi) is 9.51. The van der Waals surface area contributed by atoms with Gasteiger partial charge in [0.15, 0.2) is 17.5 Å². The highest BCUT2D eigenvalue weighted by molar-refractivity contribution is 14.0. The normalized spacial score (nSPS) is 11.5. The number of hydrogen-bond acceptors (Lipinski definition) is 3. The van der Waals surface area contributed by atoms with Gasteiger partial charge in [-0.3, -0.25) is 0 Å². The summed E-state index contributed by atoms with van der Waals surface area (Å²) < 4.78 is 18.7. The first kappa shape index (κ1) is 24.0. The van der Waals surface area contributed by atoms with Crippen molar-refractivity contribution in [3.05, 3.63) is 59.4 Å². The number of hydrogen-bond donors (Lipinski definition) is 3. The number of phenols is 1. The van der Waals surface area contributed by atoms with Crippen LogP contribution >= 0.6 is 24.0 Å². The number of nitrogens with one attached hydrogen (secondary N) is 2. The van der Waals surface area contributed by atoms with Gasteiger partial charge in [0.05, 0.1) is 13.7 Å². The highest BCUT2D eigenvalue weighted by Gasteiger charge is 2.21. The van der Waals surface area contributed by atoms with Gasteiger partial charge < -0.3 is 20.5 Å². The average Bonchev–Trinajstić information content (AvgIpc) is 2.65. The van der Waals surface area contributed by atoms with E-state index >= 15 is 0 Å². The van der Waals surface area contributed by atoms with Crippen LogP contribution in [0.5, 0.6) is 11.5 Å². The molecule has 0 heterocycles. The summed E-state index contributed by atoms with van der Waals surface area (Å²) in [5.41, 5.74) is 1.31. The van der Waals surface area contributed by atoms with Crippen molar-refractivity contribution in [2.24, 2.45) is 4.99 Å². The second kappa shape index (κ2) is 11.1. The number of para-hydroxylation sites is 1. The predicted octanol–water partition coefficient (Wildman–Crippen LogP) is 4.19. The van der Waals surface area contributed by atoms with Gasteiger partial charge in [-0.25, -0.2) is 9.38 Å². The number of phenolic OH excluding ortho intramolecular Hbond substituents is 1. The number of nitrogens with zero attached hydrogens (tertiary/aromatic N) is 1. The second-order valence-corrected chi connectivity index (χ2v) is 6.91. The average molecular weight is 501 g/mol. The fourth-order valence-corrected chi connectivity index (χ4v) is 2.68. The van der Waals surface area contributed by atoms with Crippen molar-refractivity contribution in [3.8, 4) is 11.5 Å². The molecule has 5 nitrogen and oxygen atoms in total. The van der Waals surface area contributed by atoms with E-state index in [1.165, 1.54) is 13.2 Å². The molecule has 0 fully saturated rings. The van der Waals surface area contributed by atoms with E-state index in [-0.39, 0.29) is 41.0 Å². The Morgan fingerprint density at radius 1 is 1.18 bits per heavy atom. The lowest BCUT2D eigenvalue weighted by molar-refractivity contribution is 0.370. The molecule has 0 spiro atoms. The van der Waals surface area contributed by atoms with Gasteiger partial charge >= 0.3 is 0 Å². The molecule has 0 aromatic heterocycles. The first-order chi connectivity index (χ1) is 12.9. The standard InChI is InChI=1S/C21H28FN3O2.HI/c1-5-23-20(24-13-15-8-6-11-18(27-4)19(15)26)25-14-21(2,3)16-9-7-10-17(22)12-16;/h6-12,26H,5,13-14H2,1-4H3,(H2,23,24,25);1H. The van der Waals surface area contributed by atoms with Gasteiger partial charge in [0.1, 0.15) is 5.82 Å². The second-order valence-electron chi connectivity index (χ2n) is 6.91. The maximum Gasteiger partial charge on any atom is 0.191 e. The Hall–Kier alpha value is -2.03. The molecule has 2 rings (SSSR count). The number of halogens is 2. The Morgan fingerprint density at radius 3 is 2.54 bits per heavy atom. The largest absolute Gasteiger partial charge is 0.504 e. The minimum absolute atomic E-state index is 0. The number of rotatable bonds is 7. The van der Waals surface area contributed by atoms with Crippen molar-refractivity contribution in [3.63, 3.8) is 0 Å². The van der Waals surface area contributed by atoms with E-state index in [1.807, 2.05) is 39.0 Å². The zero-order valence-corrected chi connectivity index (χ0v) is 19.1. The number of benzene rings is 2. The van der Waals surface area contributed by atoms with Gasteiger partial charge in [-0.05, 0) is 30.7 Å². The summed E-state index contributed by atoms with van der Waals surface area (Å²) in [6.07, 6.45) is 0. The van der Waals surface area contributed by atoms with Crippen molar-refractivity contribution < 1.29 is 14.2 Å². The van der Waals surface area contributed by atoms with E-state index < -0.39 is 0 Å². The molecule has 0 aliphatic heterocycles. The van der Waals surface area contributed by atoms with Crippen molar-refractivity contribution in [1.29, 1.82) is 0 Å². The van der Waals surface area contributed by atoms with Gasteiger partial charge in [-0.1, -0.05) is 38.1 Å². The van der Waals surface area contributed by atoms with Crippen molar-refractivity contribution in [1.82, 2.24) is 10.6 Å². The van der Waals surface area contributed by atoms with Crippen LogP contribution in [0.2, 0.25) is 0 Å². The molecular formula is C21H29FIN3O2. The van der Waals surface area contributed by atoms with E-state index in [4.69, 9.17) is 4.74 Å². The molecule has 2 aromatic carbocycles. The van der Waals surface area contributed by atoms with E-state index in [0.29, 0.717) is 36.9 Å². The quantitative estimate of drug-likeness (QED) is 0.303. The molecule has 0 radical (unpaired) electrons. The molecule has 2 aromatic rings. The molecule has 28 heavy (non-hydrogen) atoms. The SMILES string of the molecule is CCNC(=NCc1cccc(OC)c1O)NCC(C)(C)c1cccc(F)c1.I. The summed E-state index contributed by atoms with van der Waals surface area (Å²) in [5, 5.41) is 16.7. The lowest BCUT2D eigenvalue weighted by Gasteiger charge is -2.27. The fraction of sp³-hybridized carbons (Fsp3) is 0.381. The van der Waals surface area contributed by atoms with Gasteiger partial charge in [-0.2, -0.15) is 0 Å². The van der Waals surface area contributed by atoms with Crippen LogP contribution in [0.1, 0.15) is 31.9 Å². The van der Waals surface area contributed by atoms with Crippen LogP contribution in [0.3, 0.4) is 0 Å². The highest BCUT2D eigenvalue weighted by atomic mass is 127. The number of aromatic hydroxyl groups is 1. The Bertz CT molecular complexity index is 797. The van der Waals surface area contributed by atoms with Gasteiger partial charge in [0.2, 0.25) is 0 Å². The first-order valence-corrected chi connectivity index (χ1v) is 9.00. The van der Waals surface area contributed by atoms with E-state index in [0.717, 1.165) is 5.56 Å². The van der Waals surface area contributed by atoms with E-state index in [1.54, 1.807) is 18.2 Å². The number of aliphatic imine (C=N–C) groups is 1. The lowest BCUT2D eigenvalue weighted by atomic mass is 9.84.